The number of carboxylic acids is 1. The zero-order chi connectivity index (χ0) is 16.7. The van der Waals surface area contributed by atoms with Gasteiger partial charge < -0.3 is 14.7 Å². The third-order valence-electron chi connectivity index (χ3n) is 3.08. The lowest BCUT2D eigenvalue weighted by atomic mass is 10.1. The highest BCUT2D eigenvalue weighted by Crippen LogP contribution is 2.17. The summed E-state index contributed by atoms with van der Waals surface area (Å²) < 4.78 is 31.1. The predicted octanol–water partition coefficient (Wildman–Crippen LogP) is 2.30. The predicted molar refractivity (Wildman–Crippen MR) is 75.5 cm³/mol. The van der Waals surface area contributed by atoms with E-state index in [2.05, 4.69) is 0 Å². The van der Waals surface area contributed by atoms with E-state index < -0.39 is 23.5 Å². The first kappa shape index (κ1) is 17.9. The topological polar surface area (TPSA) is 66.8 Å². The molecule has 122 valence electrons. The lowest BCUT2D eigenvalue weighted by Gasteiger charge is -2.19. The van der Waals surface area contributed by atoms with Crippen molar-refractivity contribution < 1.29 is 28.2 Å². The van der Waals surface area contributed by atoms with E-state index in [-0.39, 0.29) is 31.2 Å². The Morgan fingerprint density at radius 3 is 2.64 bits per heavy atom. The molecule has 5 nitrogen and oxygen atoms in total. The van der Waals surface area contributed by atoms with Crippen molar-refractivity contribution in [3.05, 3.63) is 29.8 Å². The van der Waals surface area contributed by atoms with Crippen LogP contribution in [0.1, 0.15) is 19.8 Å². The number of benzene rings is 1. The lowest BCUT2D eigenvalue weighted by Crippen LogP contribution is -2.33. The van der Waals surface area contributed by atoms with Gasteiger partial charge in [-0.3, -0.25) is 9.59 Å². The summed E-state index contributed by atoms with van der Waals surface area (Å²) in [5, 5.41) is 8.78. The highest BCUT2D eigenvalue weighted by molar-refractivity contribution is 5.77. The highest BCUT2D eigenvalue weighted by atomic mass is 19.1. The van der Waals surface area contributed by atoms with Crippen LogP contribution in [0.15, 0.2) is 18.2 Å². The number of hydrogen-bond donors (Lipinski definition) is 1. The van der Waals surface area contributed by atoms with Crippen LogP contribution < -0.4 is 4.74 Å². The fourth-order valence-electron chi connectivity index (χ4n) is 1.78. The summed E-state index contributed by atoms with van der Waals surface area (Å²) in [6.07, 6.45) is 0.507. The van der Waals surface area contributed by atoms with E-state index in [1.807, 2.05) is 0 Å². The summed E-state index contributed by atoms with van der Waals surface area (Å²) in [4.78, 5) is 23.8. The van der Waals surface area contributed by atoms with Gasteiger partial charge in [0.25, 0.3) is 0 Å². The Morgan fingerprint density at radius 1 is 1.36 bits per heavy atom. The molecule has 1 aromatic rings. The van der Waals surface area contributed by atoms with Crippen LogP contribution in [0.2, 0.25) is 0 Å². The normalized spacial score (nSPS) is 11.8. The number of hydrogen-bond acceptors (Lipinski definition) is 3. The molecule has 0 heterocycles. The molecule has 0 fully saturated rings. The molecular formula is C15H19F2NO4. The summed E-state index contributed by atoms with van der Waals surface area (Å²) in [5.41, 5.74) is 0. The Hall–Kier alpha value is -2.18. The number of ether oxygens (including phenoxy) is 1. The van der Waals surface area contributed by atoms with Crippen LogP contribution in [0, 0.1) is 17.6 Å². The van der Waals surface area contributed by atoms with Crippen molar-refractivity contribution in [2.24, 2.45) is 5.92 Å². The number of carbonyl (C=O) groups excluding carboxylic acids is 1. The number of carboxylic acid groups (broad SMARTS) is 1. The Labute approximate surface area is 127 Å². The van der Waals surface area contributed by atoms with Crippen LogP contribution in [-0.4, -0.2) is 42.1 Å². The maximum Gasteiger partial charge on any atom is 0.308 e. The van der Waals surface area contributed by atoms with E-state index in [1.165, 1.54) is 24.9 Å². The molecule has 0 aliphatic carbocycles. The van der Waals surface area contributed by atoms with Gasteiger partial charge in [-0.25, -0.2) is 8.78 Å². The zero-order valence-electron chi connectivity index (χ0n) is 12.5. The Morgan fingerprint density at radius 2 is 2.05 bits per heavy atom. The van der Waals surface area contributed by atoms with Crippen molar-refractivity contribution in [2.75, 3.05) is 20.2 Å². The van der Waals surface area contributed by atoms with Crippen LogP contribution in [-0.2, 0) is 9.59 Å². The second-order valence-corrected chi connectivity index (χ2v) is 5.04. The molecule has 1 unspecified atom stereocenters. The summed E-state index contributed by atoms with van der Waals surface area (Å²) in [6, 6.07) is 3.00. The van der Waals surface area contributed by atoms with Gasteiger partial charge in [0.05, 0.1) is 12.5 Å². The molecular weight excluding hydrogens is 296 g/mol. The highest BCUT2D eigenvalue weighted by Gasteiger charge is 2.17. The standard InChI is InChI=1S/C15H19F2NO4/c1-10(15(20)21)9-18(2)14(19)4-3-7-22-13-6-5-11(16)8-12(13)17/h5-6,8,10H,3-4,7,9H2,1-2H3,(H,20,21). The lowest BCUT2D eigenvalue weighted by molar-refractivity contribution is -0.142. The van der Waals surface area contributed by atoms with Crippen molar-refractivity contribution in [1.29, 1.82) is 0 Å². The maximum absolute atomic E-state index is 13.3. The average Bonchev–Trinajstić information content (AvgIpc) is 2.44. The number of halogens is 2. The second-order valence-electron chi connectivity index (χ2n) is 5.04. The van der Waals surface area contributed by atoms with Gasteiger partial charge in [-0.1, -0.05) is 6.92 Å². The summed E-state index contributed by atoms with van der Waals surface area (Å²) in [7, 11) is 1.53. The van der Waals surface area contributed by atoms with Crippen LogP contribution in [0.25, 0.3) is 0 Å². The first-order valence-corrected chi connectivity index (χ1v) is 6.86. The first-order valence-electron chi connectivity index (χ1n) is 6.86. The minimum Gasteiger partial charge on any atom is -0.491 e. The average molecular weight is 315 g/mol. The largest absolute Gasteiger partial charge is 0.491 e. The minimum absolute atomic E-state index is 0.0679. The molecule has 0 saturated carbocycles. The molecule has 1 amide bonds. The molecule has 1 atom stereocenters. The Balaban J connectivity index is 2.31. The van der Waals surface area contributed by atoms with Crippen molar-refractivity contribution in [3.8, 4) is 5.75 Å². The summed E-state index contributed by atoms with van der Waals surface area (Å²) in [6.45, 7) is 1.75. The van der Waals surface area contributed by atoms with Crippen molar-refractivity contribution in [2.45, 2.75) is 19.8 Å². The monoisotopic (exact) mass is 315 g/mol. The number of nitrogens with zero attached hydrogens (tertiary/aromatic N) is 1. The SMILES string of the molecule is CC(CN(C)C(=O)CCCOc1ccc(F)cc1F)C(=O)O. The molecule has 7 heteroatoms. The van der Waals surface area contributed by atoms with Crippen molar-refractivity contribution in [1.82, 2.24) is 4.90 Å². The van der Waals surface area contributed by atoms with Gasteiger partial charge in [0.1, 0.15) is 5.82 Å². The quantitative estimate of drug-likeness (QED) is 0.748. The van der Waals surface area contributed by atoms with E-state index in [1.54, 1.807) is 0 Å². The van der Waals surface area contributed by atoms with E-state index >= 15 is 0 Å². The molecule has 0 bridgehead atoms. The fraction of sp³-hybridized carbons (Fsp3) is 0.467. The molecule has 22 heavy (non-hydrogen) atoms. The molecule has 1 N–H and O–H groups in total. The number of amides is 1. The van der Waals surface area contributed by atoms with Gasteiger partial charge in [0.15, 0.2) is 11.6 Å². The van der Waals surface area contributed by atoms with Crippen LogP contribution in [0.4, 0.5) is 8.78 Å². The smallest absolute Gasteiger partial charge is 0.308 e. The van der Waals surface area contributed by atoms with E-state index in [9.17, 15) is 18.4 Å². The Bertz CT molecular complexity index is 536. The van der Waals surface area contributed by atoms with Gasteiger partial charge in [0, 0.05) is 26.1 Å². The van der Waals surface area contributed by atoms with Gasteiger partial charge in [0.2, 0.25) is 5.91 Å². The van der Waals surface area contributed by atoms with Crippen LogP contribution in [0.5, 0.6) is 5.75 Å². The number of carbonyl (C=O) groups is 2. The molecule has 0 aliphatic heterocycles. The molecule has 0 saturated heterocycles. The van der Waals surface area contributed by atoms with Gasteiger partial charge >= 0.3 is 5.97 Å². The second kappa shape index (κ2) is 8.31. The first-order chi connectivity index (χ1) is 10.3. The van der Waals surface area contributed by atoms with E-state index in [0.717, 1.165) is 12.1 Å². The maximum atomic E-state index is 13.3. The van der Waals surface area contributed by atoms with Crippen molar-refractivity contribution >= 4 is 11.9 Å². The third-order valence-corrected chi connectivity index (χ3v) is 3.08. The number of aliphatic carboxylic acids is 1. The molecule has 1 rings (SSSR count). The fourth-order valence-corrected chi connectivity index (χ4v) is 1.78. The van der Waals surface area contributed by atoms with Gasteiger partial charge in [-0.2, -0.15) is 0 Å². The van der Waals surface area contributed by atoms with Gasteiger partial charge in [-0.05, 0) is 18.6 Å². The molecule has 0 aromatic heterocycles. The van der Waals surface area contributed by atoms with Crippen LogP contribution >= 0.6 is 0 Å². The van der Waals surface area contributed by atoms with E-state index in [0.29, 0.717) is 6.42 Å². The number of rotatable bonds is 8. The zero-order valence-corrected chi connectivity index (χ0v) is 12.5. The molecule has 0 aliphatic rings. The van der Waals surface area contributed by atoms with Gasteiger partial charge in [-0.15, -0.1) is 0 Å². The van der Waals surface area contributed by atoms with Crippen molar-refractivity contribution in [3.63, 3.8) is 0 Å². The molecule has 0 spiro atoms. The molecule has 0 radical (unpaired) electrons. The minimum atomic E-state index is -0.963. The third kappa shape index (κ3) is 5.67. The van der Waals surface area contributed by atoms with E-state index in [4.69, 9.17) is 9.84 Å². The van der Waals surface area contributed by atoms with Crippen LogP contribution in [0.3, 0.4) is 0 Å². The summed E-state index contributed by atoms with van der Waals surface area (Å²) >= 11 is 0. The molecule has 1 aromatic carbocycles. The summed E-state index contributed by atoms with van der Waals surface area (Å²) in [5.74, 6) is -3.36. The Kier molecular flexibility index (Phi) is 6.75.